The molecular formula is C16H23N3OS. The second kappa shape index (κ2) is 6.43. The molecule has 21 heavy (non-hydrogen) atoms. The van der Waals surface area contributed by atoms with Gasteiger partial charge in [0.2, 0.25) is 5.91 Å². The molecule has 1 atom stereocenters. The highest BCUT2D eigenvalue weighted by molar-refractivity contribution is 7.80. The van der Waals surface area contributed by atoms with Crippen LogP contribution in [0.5, 0.6) is 0 Å². The summed E-state index contributed by atoms with van der Waals surface area (Å²) in [5, 5.41) is 9.96. The van der Waals surface area contributed by atoms with Crippen LogP contribution in [0.3, 0.4) is 0 Å². The maximum Gasteiger partial charge on any atom is 0.221 e. The van der Waals surface area contributed by atoms with Crippen molar-refractivity contribution in [3.8, 4) is 0 Å². The van der Waals surface area contributed by atoms with Gasteiger partial charge in [-0.1, -0.05) is 13.8 Å². The Balaban J connectivity index is 1.84. The Morgan fingerprint density at radius 3 is 2.24 bits per heavy atom. The second-order valence-electron chi connectivity index (χ2n) is 6.46. The van der Waals surface area contributed by atoms with Gasteiger partial charge in [0.1, 0.15) is 0 Å². The monoisotopic (exact) mass is 305 g/mol. The zero-order valence-corrected chi connectivity index (χ0v) is 13.6. The molecule has 114 valence electrons. The van der Waals surface area contributed by atoms with Crippen LogP contribution in [0, 0.1) is 5.41 Å². The van der Waals surface area contributed by atoms with Crippen molar-refractivity contribution >= 4 is 34.6 Å². The molecule has 1 saturated carbocycles. The number of nitrogens with one attached hydrogen (secondary N) is 3. The molecule has 0 aliphatic heterocycles. The molecule has 0 saturated heterocycles. The van der Waals surface area contributed by atoms with E-state index in [2.05, 4.69) is 29.8 Å². The van der Waals surface area contributed by atoms with Crippen molar-refractivity contribution in [3.63, 3.8) is 0 Å². The van der Waals surface area contributed by atoms with E-state index in [1.165, 1.54) is 13.3 Å². The first-order valence-corrected chi connectivity index (χ1v) is 7.70. The van der Waals surface area contributed by atoms with Crippen molar-refractivity contribution in [2.45, 2.75) is 46.1 Å². The summed E-state index contributed by atoms with van der Waals surface area (Å²) in [6.07, 6.45) is 3.55. The van der Waals surface area contributed by atoms with Crippen molar-refractivity contribution in [1.29, 1.82) is 0 Å². The zero-order valence-electron chi connectivity index (χ0n) is 12.8. The highest BCUT2D eigenvalue weighted by Crippen LogP contribution is 2.36. The lowest BCUT2D eigenvalue weighted by molar-refractivity contribution is -0.114. The predicted molar refractivity (Wildman–Crippen MR) is 91.5 cm³/mol. The van der Waals surface area contributed by atoms with E-state index in [1.54, 1.807) is 0 Å². The Morgan fingerprint density at radius 1 is 1.19 bits per heavy atom. The molecule has 0 heterocycles. The predicted octanol–water partition coefficient (Wildman–Crippen LogP) is 3.51. The Morgan fingerprint density at radius 2 is 1.76 bits per heavy atom. The summed E-state index contributed by atoms with van der Waals surface area (Å²) in [5.74, 6) is -0.0725. The maximum absolute atomic E-state index is 11.0. The molecule has 1 aliphatic carbocycles. The zero-order chi connectivity index (χ0) is 15.5. The molecule has 1 aromatic rings. The van der Waals surface area contributed by atoms with Crippen LogP contribution in [0.1, 0.15) is 40.0 Å². The van der Waals surface area contributed by atoms with Crippen LogP contribution >= 0.6 is 12.2 Å². The average molecular weight is 305 g/mol. The van der Waals surface area contributed by atoms with Crippen LogP contribution in [0.2, 0.25) is 0 Å². The molecule has 1 aliphatic rings. The SMILES string of the molecule is CC(=O)Nc1ccc(NC(=S)NC2CCC(C)(C)C2)cc1. The molecule has 0 aromatic heterocycles. The number of anilines is 2. The summed E-state index contributed by atoms with van der Waals surface area (Å²) in [4.78, 5) is 11.0. The van der Waals surface area contributed by atoms with Gasteiger partial charge < -0.3 is 16.0 Å². The maximum atomic E-state index is 11.0. The molecule has 0 spiro atoms. The third-order valence-electron chi connectivity index (χ3n) is 3.77. The van der Waals surface area contributed by atoms with E-state index >= 15 is 0 Å². The fourth-order valence-electron chi connectivity index (χ4n) is 2.75. The summed E-state index contributed by atoms with van der Waals surface area (Å²) in [6, 6.07) is 7.96. The summed E-state index contributed by atoms with van der Waals surface area (Å²) >= 11 is 5.36. The van der Waals surface area contributed by atoms with Gasteiger partial charge in [0.05, 0.1) is 0 Å². The van der Waals surface area contributed by atoms with Gasteiger partial charge in [0.15, 0.2) is 5.11 Å². The van der Waals surface area contributed by atoms with Crippen molar-refractivity contribution in [2.24, 2.45) is 5.41 Å². The van der Waals surface area contributed by atoms with E-state index in [0.29, 0.717) is 16.6 Å². The lowest BCUT2D eigenvalue weighted by Crippen LogP contribution is -2.36. The van der Waals surface area contributed by atoms with Crippen LogP contribution in [0.4, 0.5) is 11.4 Å². The normalized spacial score (nSPS) is 19.9. The van der Waals surface area contributed by atoms with E-state index in [4.69, 9.17) is 12.2 Å². The number of thiocarbonyl (C=S) groups is 1. The molecule has 1 amide bonds. The van der Waals surface area contributed by atoms with Gasteiger partial charge >= 0.3 is 0 Å². The summed E-state index contributed by atoms with van der Waals surface area (Å²) < 4.78 is 0. The van der Waals surface area contributed by atoms with Gasteiger partial charge in [-0.25, -0.2) is 0 Å². The molecule has 2 rings (SSSR count). The van der Waals surface area contributed by atoms with Crippen molar-refractivity contribution in [3.05, 3.63) is 24.3 Å². The molecule has 1 unspecified atom stereocenters. The third-order valence-corrected chi connectivity index (χ3v) is 3.99. The third kappa shape index (κ3) is 5.01. The first-order chi connectivity index (χ1) is 9.84. The van der Waals surface area contributed by atoms with E-state index in [1.807, 2.05) is 24.3 Å². The molecule has 0 bridgehead atoms. The van der Waals surface area contributed by atoms with Crippen LogP contribution in [-0.2, 0) is 4.79 Å². The quantitative estimate of drug-likeness (QED) is 0.748. The minimum absolute atomic E-state index is 0.0725. The van der Waals surface area contributed by atoms with Crippen molar-refractivity contribution in [1.82, 2.24) is 5.32 Å². The van der Waals surface area contributed by atoms with E-state index in [0.717, 1.165) is 24.2 Å². The Bertz CT molecular complexity index is 525. The number of benzene rings is 1. The minimum atomic E-state index is -0.0725. The van der Waals surface area contributed by atoms with Crippen molar-refractivity contribution < 1.29 is 4.79 Å². The Hall–Kier alpha value is -1.62. The number of rotatable bonds is 3. The molecule has 1 aromatic carbocycles. The first kappa shape index (κ1) is 15.8. The van der Waals surface area contributed by atoms with Gasteiger partial charge in [0, 0.05) is 24.3 Å². The molecular weight excluding hydrogens is 282 g/mol. The fraction of sp³-hybridized carbons (Fsp3) is 0.500. The lowest BCUT2D eigenvalue weighted by Gasteiger charge is -2.19. The molecule has 5 heteroatoms. The van der Waals surface area contributed by atoms with Gasteiger partial charge in [-0.05, 0) is 61.2 Å². The largest absolute Gasteiger partial charge is 0.360 e. The summed E-state index contributed by atoms with van der Waals surface area (Å²) in [7, 11) is 0. The van der Waals surface area contributed by atoms with Gasteiger partial charge in [0.25, 0.3) is 0 Å². The van der Waals surface area contributed by atoms with Gasteiger partial charge in [-0.3, -0.25) is 4.79 Å². The number of hydrogen-bond donors (Lipinski definition) is 3. The second-order valence-corrected chi connectivity index (χ2v) is 6.87. The van der Waals surface area contributed by atoms with E-state index in [9.17, 15) is 4.79 Å². The lowest BCUT2D eigenvalue weighted by atomic mass is 9.92. The smallest absolute Gasteiger partial charge is 0.221 e. The minimum Gasteiger partial charge on any atom is -0.360 e. The number of amides is 1. The highest BCUT2D eigenvalue weighted by atomic mass is 32.1. The van der Waals surface area contributed by atoms with Crippen LogP contribution in [0.15, 0.2) is 24.3 Å². The van der Waals surface area contributed by atoms with E-state index < -0.39 is 0 Å². The molecule has 3 N–H and O–H groups in total. The first-order valence-electron chi connectivity index (χ1n) is 7.29. The summed E-state index contributed by atoms with van der Waals surface area (Å²) in [6.45, 7) is 6.09. The Kier molecular flexibility index (Phi) is 4.83. The highest BCUT2D eigenvalue weighted by Gasteiger charge is 2.31. The topological polar surface area (TPSA) is 53.2 Å². The standard InChI is InChI=1S/C16H23N3OS/c1-11(20)17-12-4-6-13(7-5-12)18-15(21)19-14-8-9-16(2,3)10-14/h4-7,14H,8-10H2,1-3H3,(H,17,20)(H2,18,19,21). The fourth-order valence-corrected chi connectivity index (χ4v) is 3.04. The van der Waals surface area contributed by atoms with Crippen LogP contribution in [-0.4, -0.2) is 17.1 Å². The van der Waals surface area contributed by atoms with Gasteiger partial charge in [-0.15, -0.1) is 0 Å². The number of carbonyl (C=O) groups is 1. The van der Waals surface area contributed by atoms with Crippen LogP contribution < -0.4 is 16.0 Å². The van der Waals surface area contributed by atoms with Crippen molar-refractivity contribution in [2.75, 3.05) is 10.6 Å². The van der Waals surface area contributed by atoms with E-state index in [-0.39, 0.29) is 5.91 Å². The average Bonchev–Trinajstić information content (AvgIpc) is 2.70. The molecule has 1 fully saturated rings. The Labute approximate surface area is 131 Å². The van der Waals surface area contributed by atoms with Gasteiger partial charge in [-0.2, -0.15) is 0 Å². The summed E-state index contributed by atoms with van der Waals surface area (Å²) in [5.41, 5.74) is 2.11. The number of carbonyl (C=O) groups excluding carboxylic acids is 1. The molecule has 4 nitrogen and oxygen atoms in total. The number of hydrogen-bond acceptors (Lipinski definition) is 2. The molecule has 0 radical (unpaired) electrons. The van der Waals surface area contributed by atoms with Crippen LogP contribution in [0.25, 0.3) is 0 Å².